The molecule has 0 aromatic carbocycles. The minimum atomic E-state index is -0.660. The average Bonchev–Trinajstić information content (AvgIpc) is 2.32. The zero-order valence-corrected chi connectivity index (χ0v) is 11.2. The molecule has 0 unspecified atom stereocenters. The van der Waals surface area contributed by atoms with Crippen LogP contribution in [-0.2, 0) is 9.53 Å². The molecule has 0 spiro atoms. The summed E-state index contributed by atoms with van der Waals surface area (Å²) in [5.74, 6) is 0.403. The van der Waals surface area contributed by atoms with Gasteiger partial charge in [-0.2, -0.15) is 0 Å². The van der Waals surface area contributed by atoms with E-state index in [1.54, 1.807) is 6.92 Å². The Hall–Kier alpha value is -1.14. The average molecular weight is 257 g/mol. The van der Waals surface area contributed by atoms with Crippen LogP contribution in [0.25, 0.3) is 0 Å². The number of carbonyl (C=O) groups is 2. The maximum Gasteiger partial charge on any atom is 0.413 e. The third-order valence-corrected chi connectivity index (χ3v) is 3.08. The number of alkyl carbamates (subject to hydrolysis) is 1. The smallest absolute Gasteiger partial charge is 0.413 e. The van der Waals surface area contributed by atoms with Gasteiger partial charge < -0.3 is 10.1 Å². The summed E-state index contributed by atoms with van der Waals surface area (Å²) in [6.07, 6.45) is 1.52. The normalized spacial score (nSPS) is 17.4. The predicted molar refractivity (Wildman–Crippen MR) is 68.3 cm³/mol. The van der Waals surface area contributed by atoms with Crippen LogP contribution >= 0.6 is 0 Å². The molecule has 0 radical (unpaired) electrons. The molecule has 2 N–H and O–H groups in total. The summed E-state index contributed by atoms with van der Waals surface area (Å²) in [4.78, 5) is 24.7. The summed E-state index contributed by atoms with van der Waals surface area (Å²) in [7, 11) is 1.96. The van der Waals surface area contributed by atoms with Gasteiger partial charge in [-0.1, -0.05) is 0 Å². The molecule has 104 valence electrons. The highest BCUT2D eigenvalue weighted by atomic mass is 16.5. The standard InChI is InChI=1S/C12H23N3O3/c1-3-18-12(17)14-11(16)9-15-6-4-10(5-7-15)8-13-2/h10,13H,3-9H2,1-2H3,(H,14,16,17). The molecular weight excluding hydrogens is 234 g/mol. The second-order valence-corrected chi connectivity index (χ2v) is 4.55. The van der Waals surface area contributed by atoms with E-state index in [0.717, 1.165) is 32.5 Å². The minimum absolute atomic E-state index is 0.269. The monoisotopic (exact) mass is 257 g/mol. The van der Waals surface area contributed by atoms with Crippen molar-refractivity contribution in [2.24, 2.45) is 5.92 Å². The van der Waals surface area contributed by atoms with Crippen molar-refractivity contribution in [1.82, 2.24) is 15.5 Å². The van der Waals surface area contributed by atoms with E-state index in [2.05, 4.69) is 20.3 Å². The summed E-state index contributed by atoms with van der Waals surface area (Å²) >= 11 is 0. The van der Waals surface area contributed by atoms with Crippen LogP contribution < -0.4 is 10.6 Å². The summed E-state index contributed by atoms with van der Waals surface area (Å²) < 4.78 is 4.65. The van der Waals surface area contributed by atoms with Gasteiger partial charge in [-0.05, 0) is 52.4 Å². The molecule has 0 bridgehead atoms. The van der Waals surface area contributed by atoms with Gasteiger partial charge in [0.1, 0.15) is 0 Å². The lowest BCUT2D eigenvalue weighted by Crippen LogP contribution is -2.44. The van der Waals surface area contributed by atoms with Gasteiger partial charge >= 0.3 is 6.09 Å². The van der Waals surface area contributed by atoms with E-state index in [-0.39, 0.29) is 19.1 Å². The molecule has 1 aliphatic heterocycles. The molecule has 0 aromatic rings. The number of rotatable bonds is 5. The number of ether oxygens (including phenoxy) is 1. The molecule has 0 aromatic heterocycles. The van der Waals surface area contributed by atoms with Crippen molar-refractivity contribution in [3.8, 4) is 0 Å². The molecule has 0 aliphatic carbocycles. The van der Waals surface area contributed by atoms with Gasteiger partial charge in [-0.3, -0.25) is 15.0 Å². The van der Waals surface area contributed by atoms with Gasteiger partial charge in [-0.25, -0.2) is 4.79 Å². The van der Waals surface area contributed by atoms with E-state index >= 15 is 0 Å². The summed E-state index contributed by atoms with van der Waals surface area (Å²) in [5, 5.41) is 5.38. The summed E-state index contributed by atoms with van der Waals surface area (Å²) in [6.45, 7) is 5.09. The number of nitrogens with zero attached hydrogens (tertiary/aromatic N) is 1. The molecule has 18 heavy (non-hydrogen) atoms. The first-order valence-electron chi connectivity index (χ1n) is 6.49. The highest BCUT2D eigenvalue weighted by Crippen LogP contribution is 2.15. The lowest BCUT2D eigenvalue weighted by Gasteiger charge is -2.31. The molecule has 1 saturated heterocycles. The first-order valence-corrected chi connectivity index (χ1v) is 6.49. The molecular formula is C12H23N3O3. The second kappa shape index (κ2) is 8.05. The van der Waals surface area contributed by atoms with Crippen LogP contribution in [0, 0.1) is 5.92 Å². The van der Waals surface area contributed by atoms with E-state index in [4.69, 9.17) is 0 Å². The minimum Gasteiger partial charge on any atom is -0.450 e. The summed E-state index contributed by atoms with van der Waals surface area (Å²) in [6, 6.07) is 0. The Morgan fingerprint density at radius 1 is 1.33 bits per heavy atom. The lowest BCUT2D eigenvalue weighted by atomic mass is 9.97. The zero-order chi connectivity index (χ0) is 13.4. The van der Waals surface area contributed by atoms with Crippen molar-refractivity contribution in [2.75, 3.05) is 39.8 Å². The fourth-order valence-corrected chi connectivity index (χ4v) is 2.16. The van der Waals surface area contributed by atoms with Crippen LogP contribution in [-0.4, -0.2) is 56.7 Å². The van der Waals surface area contributed by atoms with Crippen LogP contribution in [0.1, 0.15) is 19.8 Å². The molecule has 6 nitrogen and oxygen atoms in total. The van der Waals surface area contributed by atoms with E-state index in [1.165, 1.54) is 0 Å². The number of imide groups is 1. The first-order chi connectivity index (χ1) is 8.65. The van der Waals surface area contributed by atoms with E-state index in [9.17, 15) is 9.59 Å². The van der Waals surface area contributed by atoms with Crippen molar-refractivity contribution in [2.45, 2.75) is 19.8 Å². The number of hydrogen-bond donors (Lipinski definition) is 2. The van der Waals surface area contributed by atoms with Crippen molar-refractivity contribution < 1.29 is 14.3 Å². The molecule has 2 amide bonds. The molecule has 1 fully saturated rings. The number of piperidine rings is 1. The van der Waals surface area contributed by atoms with Crippen LogP contribution in [0.15, 0.2) is 0 Å². The highest BCUT2D eigenvalue weighted by Gasteiger charge is 2.20. The van der Waals surface area contributed by atoms with E-state index in [0.29, 0.717) is 5.92 Å². The summed E-state index contributed by atoms with van der Waals surface area (Å²) in [5.41, 5.74) is 0. The Balaban J connectivity index is 2.20. The SMILES string of the molecule is CCOC(=O)NC(=O)CN1CCC(CNC)CC1. The van der Waals surface area contributed by atoms with E-state index < -0.39 is 6.09 Å². The van der Waals surface area contributed by atoms with Crippen molar-refractivity contribution in [1.29, 1.82) is 0 Å². The fraction of sp³-hybridized carbons (Fsp3) is 0.833. The largest absolute Gasteiger partial charge is 0.450 e. The Morgan fingerprint density at radius 2 is 2.00 bits per heavy atom. The van der Waals surface area contributed by atoms with Gasteiger partial charge in [0.15, 0.2) is 0 Å². The Morgan fingerprint density at radius 3 is 2.56 bits per heavy atom. The highest BCUT2D eigenvalue weighted by molar-refractivity contribution is 5.92. The number of amides is 2. The second-order valence-electron chi connectivity index (χ2n) is 4.55. The maximum atomic E-state index is 11.5. The van der Waals surface area contributed by atoms with Crippen LogP contribution in [0.2, 0.25) is 0 Å². The number of hydrogen-bond acceptors (Lipinski definition) is 5. The zero-order valence-electron chi connectivity index (χ0n) is 11.2. The van der Waals surface area contributed by atoms with Crippen LogP contribution in [0.3, 0.4) is 0 Å². The molecule has 6 heteroatoms. The van der Waals surface area contributed by atoms with Crippen LogP contribution in [0.5, 0.6) is 0 Å². The van der Waals surface area contributed by atoms with Crippen LogP contribution in [0.4, 0.5) is 4.79 Å². The van der Waals surface area contributed by atoms with Crippen molar-refractivity contribution in [3.05, 3.63) is 0 Å². The lowest BCUT2D eigenvalue weighted by molar-refractivity contribution is -0.121. The number of likely N-dealkylation sites (tertiary alicyclic amines) is 1. The molecule has 1 heterocycles. The Kier molecular flexibility index (Phi) is 6.67. The van der Waals surface area contributed by atoms with Gasteiger partial charge in [-0.15, -0.1) is 0 Å². The van der Waals surface area contributed by atoms with Crippen molar-refractivity contribution in [3.63, 3.8) is 0 Å². The van der Waals surface area contributed by atoms with Gasteiger partial charge in [0.05, 0.1) is 13.2 Å². The number of nitrogens with one attached hydrogen (secondary N) is 2. The fourth-order valence-electron chi connectivity index (χ4n) is 2.16. The Labute approximate surface area is 108 Å². The Bertz CT molecular complexity index is 276. The predicted octanol–water partition coefficient (Wildman–Crippen LogP) is 0.191. The molecule has 0 saturated carbocycles. The molecule has 1 aliphatic rings. The third kappa shape index (κ3) is 5.46. The third-order valence-electron chi connectivity index (χ3n) is 3.08. The maximum absolute atomic E-state index is 11.5. The van der Waals surface area contributed by atoms with E-state index in [1.807, 2.05) is 7.05 Å². The molecule has 0 atom stereocenters. The van der Waals surface area contributed by atoms with Gasteiger partial charge in [0.25, 0.3) is 0 Å². The van der Waals surface area contributed by atoms with Gasteiger partial charge in [0, 0.05) is 0 Å². The van der Waals surface area contributed by atoms with Gasteiger partial charge in [0.2, 0.25) is 5.91 Å². The quantitative estimate of drug-likeness (QED) is 0.736. The topological polar surface area (TPSA) is 70.7 Å². The first kappa shape index (κ1) is 14.9. The van der Waals surface area contributed by atoms with Crippen molar-refractivity contribution >= 4 is 12.0 Å². The number of carbonyl (C=O) groups excluding carboxylic acids is 2. The molecule has 1 rings (SSSR count).